The Kier molecular flexibility index (Phi) is 3.84. The van der Waals surface area contributed by atoms with Crippen LogP contribution < -0.4 is 10.4 Å². The summed E-state index contributed by atoms with van der Waals surface area (Å²) in [4.78, 5) is 18.5. The number of anilines is 1. The second kappa shape index (κ2) is 5.37. The van der Waals surface area contributed by atoms with Crippen molar-refractivity contribution in [3.63, 3.8) is 0 Å². The van der Waals surface area contributed by atoms with Crippen molar-refractivity contribution < 1.29 is 9.63 Å². The molecule has 1 amide bonds. The summed E-state index contributed by atoms with van der Waals surface area (Å²) in [6, 6.07) is 7.08. The Morgan fingerprint density at radius 2 is 2.17 bits per heavy atom. The van der Waals surface area contributed by atoms with Crippen molar-refractivity contribution in [2.75, 3.05) is 18.5 Å². The number of amides is 1. The van der Waals surface area contributed by atoms with Crippen molar-refractivity contribution in [3.8, 4) is 0 Å². The van der Waals surface area contributed by atoms with Crippen molar-refractivity contribution in [1.82, 2.24) is 5.48 Å². The average Bonchev–Trinajstić information content (AvgIpc) is 2.73. The largest absolute Gasteiger partial charge is 0.394 e. The molecule has 1 fully saturated rings. The van der Waals surface area contributed by atoms with Crippen LogP contribution in [0.5, 0.6) is 0 Å². The van der Waals surface area contributed by atoms with E-state index in [2.05, 4.69) is 5.48 Å². The summed E-state index contributed by atoms with van der Waals surface area (Å²) in [5.41, 5.74) is 3.24. The molecule has 6 heteroatoms. The number of hydrogen-bond donors (Lipinski definition) is 2. The molecular weight excluding hydrogens is 254 g/mol. The van der Waals surface area contributed by atoms with E-state index in [1.54, 1.807) is 36.2 Å². The van der Waals surface area contributed by atoms with Gasteiger partial charge in [-0.1, -0.05) is 11.6 Å². The maximum absolute atomic E-state index is 11.9. The Bertz CT molecular complexity index is 461. The van der Waals surface area contributed by atoms with Crippen LogP contribution in [-0.4, -0.2) is 25.4 Å². The lowest BCUT2D eigenvalue weighted by Crippen LogP contribution is -2.27. The minimum atomic E-state index is -0.208. The van der Waals surface area contributed by atoms with Crippen molar-refractivity contribution in [3.05, 3.63) is 29.3 Å². The second-order valence-corrected chi connectivity index (χ2v) is 4.49. The van der Waals surface area contributed by atoms with Gasteiger partial charge in [-0.05, 0) is 24.3 Å². The minimum absolute atomic E-state index is 0.00762. The number of carbonyl (C=O) groups is 1. The Morgan fingerprint density at radius 1 is 1.50 bits per heavy atom. The van der Waals surface area contributed by atoms with E-state index in [1.165, 1.54) is 0 Å². The number of nitrogens with zero attached hydrogens (tertiary/aromatic N) is 1. The molecule has 5 nitrogen and oxygen atoms in total. The molecule has 2 N–H and O–H groups in total. The van der Waals surface area contributed by atoms with Gasteiger partial charge in [0.2, 0.25) is 11.8 Å². The van der Waals surface area contributed by atoms with E-state index >= 15 is 0 Å². The molecule has 1 heterocycles. The fourth-order valence-corrected chi connectivity index (χ4v) is 2.07. The summed E-state index contributed by atoms with van der Waals surface area (Å²) < 4.78 is 0. The van der Waals surface area contributed by atoms with Gasteiger partial charge in [0.25, 0.3) is 0 Å². The molecule has 96 valence electrons. The lowest BCUT2D eigenvalue weighted by Gasteiger charge is -2.16. The Labute approximate surface area is 110 Å². The first-order valence-electron chi connectivity index (χ1n) is 5.59. The average molecular weight is 268 g/mol. The molecule has 0 aromatic heterocycles. The van der Waals surface area contributed by atoms with Crippen LogP contribution in [0.25, 0.3) is 0 Å². The third-order valence-electron chi connectivity index (χ3n) is 2.85. The van der Waals surface area contributed by atoms with E-state index in [-0.39, 0.29) is 17.7 Å². The van der Waals surface area contributed by atoms with Gasteiger partial charge in [0.1, 0.15) is 0 Å². The van der Waals surface area contributed by atoms with Crippen LogP contribution >= 0.6 is 11.6 Å². The Hall–Kier alpha value is -1.59. The van der Waals surface area contributed by atoms with Gasteiger partial charge in [-0.25, -0.2) is 0 Å². The van der Waals surface area contributed by atoms with Crippen LogP contribution in [0, 0.1) is 11.3 Å². The topological polar surface area (TPSA) is 65.4 Å². The first-order chi connectivity index (χ1) is 8.61. The monoisotopic (exact) mass is 267 g/mol. The van der Waals surface area contributed by atoms with E-state index in [9.17, 15) is 4.79 Å². The summed E-state index contributed by atoms with van der Waals surface area (Å²) in [6.45, 7) is 0.459. The van der Waals surface area contributed by atoms with Crippen LogP contribution in [0.2, 0.25) is 5.02 Å². The fraction of sp³-hybridized carbons (Fsp3) is 0.333. The molecule has 0 bridgehead atoms. The molecule has 0 aliphatic carbocycles. The van der Waals surface area contributed by atoms with Gasteiger partial charge in [-0.15, -0.1) is 0 Å². The summed E-state index contributed by atoms with van der Waals surface area (Å²) >= 11 is 5.81. The first kappa shape index (κ1) is 12.9. The summed E-state index contributed by atoms with van der Waals surface area (Å²) in [7, 11) is 1.59. The normalized spacial score (nSPS) is 19.1. The second-order valence-electron chi connectivity index (χ2n) is 4.05. The highest BCUT2D eigenvalue weighted by atomic mass is 35.5. The maximum Gasteiger partial charge on any atom is 0.227 e. The van der Waals surface area contributed by atoms with Crippen LogP contribution in [0.3, 0.4) is 0 Å². The predicted molar refractivity (Wildman–Crippen MR) is 69.8 cm³/mol. The third kappa shape index (κ3) is 2.63. The molecule has 1 aromatic rings. The van der Waals surface area contributed by atoms with Crippen LogP contribution in [0.1, 0.15) is 6.42 Å². The van der Waals surface area contributed by atoms with Gasteiger partial charge in [0, 0.05) is 30.7 Å². The van der Waals surface area contributed by atoms with Gasteiger partial charge in [-0.2, -0.15) is 5.48 Å². The van der Waals surface area contributed by atoms with Crippen molar-refractivity contribution in [1.29, 1.82) is 5.41 Å². The van der Waals surface area contributed by atoms with E-state index in [4.69, 9.17) is 21.8 Å². The molecule has 0 saturated carbocycles. The molecule has 0 spiro atoms. The van der Waals surface area contributed by atoms with Crippen LogP contribution in [0.15, 0.2) is 24.3 Å². The summed E-state index contributed by atoms with van der Waals surface area (Å²) in [5.74, 6) is -0.130. The standard InChI is InChI=1S/C12H14ClN3O2/c1-15-18-12(14)8-6-11(17)16(7-8)10-4-2-9(13)3-5-10/h2-5,8,14-15H,6-7H2,1H3. The molecule has 0 radical (unpaired) electrons. The summed E-state index contributed by atoms with van der Waals surface area (Å²) in [6.07, 6.45) is 0.295. The third-order valence-corrected chi connectivity index (χ3v) is 3.10. The molecular formula is C12H14ClN3O2. The molecule has 1 aliphatic heterocycles. The SMILES string of the molecule is CNOC(=N)C1CC(=O)N(c2ccc(Cl)cc2)C1. The first-order valence-corrected chi connectivity index (χ1v) is 5.97. The van der Waals surface area contributed by atoms with Gasteiger partial charge >= 0.3 is 0 Å². The minimum Gasteiger partial charge on any atom is -0.394 e. The highest BCUT2D eigenvalue weighted by molar-refractivity contribution is 6.30. The molecule has 1 saturated heterocycles. The van der Waals surface area contributed by atoms with Crippen molar-refractivity contribution in [2.45, 2.75) is 6.42 Å². The van der Waals surface area contributed by atoms with Crippen molar-refractivity contribution in [2.24, 2.45) is 5.92 Å². The Morgan fingerprint density at radius 3 is 2.78 bits per heavy atom. The van der Waals surface area contributed by atoms with E-state index in [0.29, 0.717) is 18.0 Å². The zero-order valence-electron chi connectivity index (χ0n) is 9.94. The lowest BCUT2D eigenvalue weighted by atomic mass is 10.1. The predicted octanol–water partition coefficient (Wildman–Crippen LogP) is 1.82. The number of benzene rings is 1. The van der Waals surface area contributed by atoms with Gasteiger partial charge in [-0.3, -0.25) is 10.2 Å². The van der Waals surface area contributed by atoms with E-state index in [1.807, 2.05) is 0 Å². The van der Waals surface area contributed by atoms with Crippen molar-refractivity contribution >= 4 is 29.1 Å². The highest BCUT2D eigenvalue weighted by Gasteiger charge is 2.34. The number of hydrogen-bond acceptors (Lipinski definition) is 4. The number of carbonyl (C=O) groups excluding carboxylic acids is 1. The maximum atomic E-state index is 11.9. The molecule has 2 rings (SSSR count). The molecule has 1 aromatic carbocycles. The fourth-order valence-electron chi connectivity index (χ4n) is 1.95. The zero-order chi connectivity index (χ0) is 13.1. The number of hydroxylamine groups is 1. The van der Waals surface area contributed by atoms with Gasteiger partial charge < -0.3 is 9.74 Å². The van der Waals surface area contributed by atoms with Gasteiger partial charge in [0.05, 0.1) is 5.92 Å². The van der Waals surface area contributed by atoms with Crippen LogP contribution in [-0.2, 0) is 9.63 Å². The molecule has 1 aliphatic rings. The van der Waals surface area contributed by atoms with E-state index < -0.39 is 0 Å². The zero-order valence-corrected chi connectivity index (χ0v) is 10.7. The van der Waals surface area contributed by atoms with Crippen LogP contribution in [0.4, 0.5) is 5.69 Å². The van der Waals surface area contributed by atoms with Gasteiger partial charge in [0.15, 0.2) is 0 Å². The number of nitrogens with one attached hydrogen (secondary N) is 2. The Balaban J connectivity index is 2.10. The molecule has 18 heavy (non-hydrogen) atoms. The highest BCUT2D eigenvalue weighted by Crippen LogP contribution is 2.26. The quantitative estimate of drug-likeness (QED) is 0.499. The number of halogens is 1. The molecule has 1 unspecified atom stereocenters. The lowest BCUT2D eigenvalue weighted by molar-refractivity contribution is -0.117. The summed E-state index contributed by atoms with van der Waals surface area (Å²) in [5, 5.41) is 8.31. The smallest absolute Gasteiger partial charge is 0.227 e. The number of rotatable bonds is 3. The van der Waals surface area contributed by atoms with E-state index in [0.717, 1.165) is 5.69 Å². The molecule has 1 atom stereocenters.